The highest BCUT2D eigenvalue weighted by Crippen LogP contribution is 2.29. The Morgan fingerprint density at radius 3 is 2.83 bits per heavy atom. The first-order chi connectivity index (χ1) is 8.57. The molecule has 18 heavy (non-hydrogen) atoms. The van der Waals surface area contributed by atoms with Crippen LogP contribution in [-0.2, 0) is 14.3 Å². The predicted octanol–water partition coefficient (Wildman–Crippen LogP) is 2.27. The maximum absolute atomic E-state index is 12.1. The predicted molar refractivity (Wildman–Crippen MR) is 71.5 cm³/mol. The average molecular weight is 257 g/mol. The lowest BCUT2D eigenvalue weighted by Gasteiger charge is -2.41. The van der Waals surface area contributed by atoms with Gasteiger partial charge in [-0.3, -0.25) is 10.1 Å². The van der Waals surface area contributed by atoms with E-state index in [9.17, 15) is 4.79 Å². The molecule has 1 rings (SSSR count). The second kappa shape index (κ2) is 7.10. The molecule has 3 unspecified atom stereocenters. The third-order valence-electron chi connectivity index (χ3n) is 3.78. The van der Waals surface area contributed by atoms with Gasteiger partial charge in [-0.05, 0) is 26.2 Å². The van der Waals surface area contributed by atoms with Crippen LogP contribution < -0.4 is 5.32 Å². The second-order valence-electron chi connectivity index (χ2n) is 5.26. The number of hydrogen-bond donors (Lipinski definition) is 1. The standard InChI is InChI=1S/C14H27NO3/c1-5-7-12-10-14(8-9-18-12,13(16)17-4)15-11(3)6-2/h11-12,15H,5-10H2,1-4H3. The second-order valence-corrected chi connectivity index (χ2v) is 5.26. The molecule has 1 saturated heterocycles. The molecule has 1 aliphatic heterocycles. The monoisotopic (exact) mass is 257 g/mol. The summed E-state index contributed by atoms with van der Waals surface area (Å²) in [6.07, 6.45) is 4.66. The summed E-state index contributed by atoms with van der Waals surface area (Å²) in [6, 6.07) is 0.310. The molecule has 0 spiro atoms. The molecule has 1 N–H and O–H groups in total. The SMILES string of the molecule is CCCC1CC(NC(C)CC)(C(=O)OC)CCO1. The molecular formula is C14H27NO3. The van der Waals surface area contributed by atoms with Crippen LogP contribution in [0.3, 0.4) is 0 Å². The maximum atomic E-state index is 12.1. The average Bonchev–Trinajstić information content (AvgIpc) is 2.38. The summed E-state index contributed by atoms with van der Waals surface area (Å²) in [5, 5.41) is 3.47. The van der Waals surface area contributed by atoms with Crippen molar-refractivity contribution in [3.8, 4) is 0 Å². The minimum Gasteiger partial charge on any atom is -0.468 e. The van der Waals surface area contributed by atoms with Crippen LogP contribution in [0, 0.1) is 0 Å². The van der Waals surface area contributed by atoms with Crippen LogP contribution in [0.1, 0.15) is 52.9 Å². The van der Waals surface area contributed by atoms with E-state index >= 15 is 0 Å². The lowest BCUT2D eigenvalue weighted by molar-refractivity contribution is -0.156. The Balaban J connectivity index is 2.79. The van der Waals surface area contributed by atoms with Crippen LogP contribution in [-0.4, -0.2) is 37.4 Å². The van der Waals surface area contributed by atoms with Crippen molar-refractivity contribution in [1.29, 1.82) is 0 Å². The molecule has 1 aliphatic rings. The van der Waals surface area contributed by atoms with Crippen LogP contribution in [0.2, 0.25) is 0 Å². The smallest absolute Gasteiger partial charge is 0.326 e. The first kappa shape index (κ1) is 15.4. The summed E-state index contributed by atoms with van der Waals surface area (Å²) >= 11 is 0. The van der Waals surface area contributed by atoms with Crippen LogP contribution >= 0.6 is 0 Å². The fourth-order valence-electron chi connectivity index (χ4n) is 2.60. The highest BCUT2D eigenvalue weighted by Gasteiger charge is 2.44. The zero-order valence-corrected chi connectivity index (χ0v) is 12.1. The van der Waals surface area contributed by atoms with E-state index in [1.54, 1.807) is 0 Å². The number of rotatable bonds is 6. The van der Waals surface area contributed by atoms with Crippen LogP contribution in [0.5, 0.6) is 0 Å². The summed E-state index contributed by atoms with van der Waals surface area (Å²) in [4.78, 5) is 12.1. The van der Waals surface area contributed by atoms with Gasteiger partial charge >= 0.3 is 5.97 Å². The topological polar surface area (TPSA) is 47.6 Å². The molecular weight excluding hydrogens is 230 g/mol. The molecule has 0 aromatic heterocycles. The van der Waals surface area contributed by atoms with Crippen molar-refractivity contribution >= 4 is 5.97 Å². The quantitative estimate of drug-likeness (QED) is 0.742. The molecule has 0 aromatic carbocycles. The van der Waals surface area contributed by atoms with E-state index in [-0.39, 0.29) is 12.1 Å². The van der Waals surface area contributed by atoms with E-state index in [1.807, 2.05) is 0 Å². The van der Waals surface area contributed by atoms with Gasteiger partial charge in [-0.25, -0.2) is 0 Å². The number of ether oxygens (including phenoxy) is 2. The normalized spacial score (nSPS) is 29.9. The first-order valence-corrected chi connectivity index (χ1v) is 7.05. The Labute approximate surface area is 110 Å². The maximum Gasteiger partial charge on any atom is 0.326 e. The molecule has 0 aromatic rings. The third kappa shape index (κ3) is 3.69. The van der Waals surface area contributed by atoms with Gasteiger partial charge in [0.15, 0.2) is 0 Å². The molecule has 0 bridgehead atoms. The van der Waals surface area contributed by atoms with E-state index < -0.39 is 5.54 Å². The molecule has 3 atom stereocenters. The summed E-state index contributed by atoms with van der Waals surface area (Å²) in [5.74, 6) is -0.146. The molecule has 1 fully saturated rings. The van der Waals surface area contributed by atoms with Crippen molar-refractivity contribution in [1.82, 2.24) is 5.32 Å². The van der Waals surface area contributed by atoms with Gasteiger partial charge in [0.05, 0.1) is 13.2 Å². The van der Waals surface area contributed by atoms with E-state index in [4.69, 9.17) is 9.47 Å². The van der Waals surface area contributed by atoms with Gasteiger partial charge in [0.1, 0.15) is 5.54 Å². The van der Waals surface area contributed by atoms with Crippen molar-refractivity contribution in [2.75, 3.05) is 13.7 Å². The highest BCUT2D eigenvalue weighted by molar-refractivity contribution is 5.81. The summed E-state index contributed by atoms with van der Waals surface area (Å²) in [6.45, 7) is 6.99. The van der Waals surface area contributed by atoms with Gasteiger partial charge in [0.25, 0.3) is 0 Å². The Morgan fingerprint density at radius 1 is 1.56 bits per heavy atom. The van der Waals surface area contributed by atoms with Crippen LogP contribution in [0.25, 0.3) is 0 Å². The zero-order valence-electron chi connectivity index (χ0n) is 12.1. The number of nitrogens with one attached hydrogen (secondary N) is 1. The Kier molecular flexibility index (Phi) is 6.09. The van der Waals surface area contributed by atoms with Gasteiger partial charge in [0.2, 0.25) is 0 Å². The van der Waals surface area contributed by atoms with Crippen LogP contribution in [0.4, 0.5) is 0 Å². The zero-order chi connectivity index (χ0) is 13.6. The Hall–Kier alpha value is -0.610. The van der Waals surface area contributed by atoms with Crippen LogP contribution in [0.15, 0.2) is 0 Å². The van der Waals surface area contributed by atoms with E-state index in [2.05, 4.69) is 26.1 Å². The minimum atomic E-state index is -0.553. The molecule has 1 heterocycles. The first-order valence-electron chi connectivity index (χ1n) is 7.05. The fourth-order valence-corrected chi connectivity index (χ4v) is 2.60. The number of hydrogen-bond acceptors (Lipinski definition) is 4. The molecule has 0 aliphatic carbocycles. The van der Waals surface area contributed by atoms with Crippen molar-refractivity contribution in [3.63, 3.8) is 0 Å². The van der Waals surface area contributed by atoms with Gasteiger partial charge in [-0.2, -0.15) is 0 Å². The number of esters is 1. The van der Waals surface area contributed by atoms with Gasteiger partial charge < -0.3 is 9.47 Å². The number of carbonyl (C=O) groups excluding carboxylic acids is 1. The lowest BCUT2D eigenvalue weighted by Crippen LogP contribution is -2.60. The van der Waals surface area contributed by atoms with E-state index in [0.717, 1.165) is 25.7 Å². The van der Waals surface area contributed by atoms with Gasteiger partial charge in [-0.1, -0.05) is 20.3 Å². The largest absolute Gasteiger partial charge is 0.468 e. The summed E-state index contributed by atoms with van der Waals surface area (Å²) in [7, 11) is 1.46. The molecule has 4 heteroatoms. The molecule has 0 radical (unpaired) electrons. The summed E-state index contributed by atoms with van der Waals surface area (Å²) < 4.78 is 10.7. The summed E-state index contributed by atoms with van der Waals surface area (Å²) in [5.41, 5.74) is -0.553. The fraction of sp³-hybridized carbons (Fsp3) is 0.929. The van der Waals surface area contributed by atoms with Gasteiger partial charge in [-0.15, -0.1) is 0 Å². The molecule has 106 valence electrons. The highest BCUT2D eigenvalue weighted by atomic mass is 16.5. The number of methoxy groups -OCH3 is 1. The molecule has 0 amide bonds. The Morgan fingerprint density at radius 2 is 2.28 bits per heavy atom. The van der Waals surface area contributed by atoms with E-state index in [1.165, 1.54) is 7.11 Å². The minimum absolute atomic E-state index is 0.146. The number of carbonyl (C=O) groups is 1. The van der Waals surface area contributed by atoms with Crippen molar-refractivity contribution in [3.05, 3.63) is 0 Å². The third-order valence-corrected chi connectivity index (χ3v) is 3.78. The lowest BCUT2D eigenvalue weighted by atomic mass is 9.84. The molecule has 4 nitrogen and oxygen atoms in total. The van der Waals surface area contributed by atoms with Gasteiger partial charge in [0, 0.05) is 19.1 Å². The molecule has 0 saturated carbocycles. The van der Waals surface area contributed by atoms with Crippen molar-refractivity contribution < 1.29 is 14.3 Å². The van der Waals surface area contributed by atoms with E-state index in [0.29, 0.717) is 19.1 Å². The van der Waals surface area contributed by atoms with Crippen molar-refractivity contribution in [2.45, 2.75) is 70.6 Å². The Bertz CT molecular complexity index is 268. The van der Waals surface area contributed by atoms with Crippen molar-refractivity contribution in [2.24, 2.45) is 0 Å².